The van der Waals surface area contributed by atoms with E-state index >= 15 is 0 Å². The van der Waals surface area contributed by atoms with Gasteiger partial charge in [0.2, 0.25) is 5.91 Å². The monoisotopic (exact) mass is 404 g/mol. The SMILES string of the molecule is N[C@H](Cc1ccccc1)c1nc(CC2CC2)nn1CC(=O)NCCc1ccccn1. The molecule has 7 nitrogen and oxygen atoms in total. The van der Waals surface area contributed by atoms with Gasteiger partial charge in [0.25, 0.3) is 0 Å². The van der Waals surface area contributed by atoms with Gasteiger partial charge in [0.1, 0.15) is 12.4 Å². The maximum absolute atomic E-state index is 12.5. The molecule has 30 heavy (non-hydrogen) atoms. The summed E-state index contributed by atoms with van der Waals surface area (Å²) in [4.78, 5) is 21.5. The van der Waals surface area contributed by atoms with Gasteiger partial charge >= 0.3 is 0 Å². The minimum atomic E-state index is -0.311. The highest BCUT2D eigenvalue weighted by Gasteiger charge is 2.26. The number of pyridine rings is 1. The van der Waals surface area contributed by atoms with Crippen LogP contribution in [0.3, 0.4) is 0 Å². The molecule has 0 unspecified atom stereocenters. The normalized spacial score (nSPS) is 14.4. The van der Waals surface area contributed by atoms with Gasteiger partial charge in [0, 0.05) is 31.3 Å². The van der Waals surface area contributed by atoms with Gasteiger partial charge in [-0.05, 0) is 42.9 Å². The third kappa shape index (κ3) is 5.73. The zero-order valence-electron chi connectivity index (χ0n) is 17.1. The van der Waals surface area contributed by atoms with E-state index in [0.29, 0.717) is 31.1 Å². The van der Waals surface area contributed by atoms with Crippen LogP contribution in [0.25, 0.3) is 0 Å². The molecular formula is C23H28N6O. The minimum Gasteiger partial charge on any atom is -0.354 e. The summed E-state index contributed by atoms with van der Waals surface area (Å²) in [6.45, 7) is 0.655. The van der Waals surface area contributed by atoms with E-state index in [-0.39, 0.29) is 18.5 Å². The van der Waals surface area contributed by atoms with Crippen LogP contribution < -0.4 is 11.1 Å². The van der Waals surface area contributed by atoms with E-state index in [1.807, 2.05) is 36.4 Å². The molecule has 1 saturated carbocycles. The maximum Gasteiger partial charge on any atom is 0.241 e. The topological polar surface area (TPSA) is 98.7 Å². The largest absolute Gasteiger partial charge is 0.354 e. The van der Waals surface area contributed by atoms with Gasteiger partial charge in [-0.2, -0.15) is 5.10 Å². The van der Waals surface area contributed by atoms with Crippen LogP contribution in [0.5, 0.6) is 0 Å². The van der Waals surface area contributed by atoms with Crippen LogP contribution in [0, 0.1) is 5.92 Å². The summed E-state index contributed by atoms with van der Waals surface area (Å²) < 4.78 is 1.68. The number of amides is 1. The molecule has 1 aliphatic carbocycles. The molecule has 1 amide bonds. The van der Waals surface area contributed by atoms with Crippen molar-refractivity contribution < 1.29 is 4.79 Å². The van der Waals surface area contributed by atoms with Crippen molar-refractivity contribution in [1.82, 2.24) is 25.1 Å². The standard InChI is InChI=1S/C23H28N6O/c24-20(14-17-6-2-1-3-7-17)23-27-21(15-18-9-10-18)28-29(23)16-22(30)26-13-11-19-8-4-5-12-25-19/h1-8,12,18,20H,9-11,13-16,24H2,(H,26,30)/t20-/m1/s1. The molecule has 2 aromatic heterocycles. The summed E-state index contributed by atoms with van der Waals surface area (Å²) >= 11 is 0. The Bertz CT molecular complexity index is 952. The molecule has 1 aromatic carbocycles. The highest BCUT2D eigenvalue weighted by atomic mass is 16.2. The quantitative estimate of drug-likeness (QED) is 0.540. The molecule has 0 spiro atoms. The third-order valence-electron chi connectivity index (χ3n) is 5.27. The van der Waals surface area contributed by atoms with Crippen molar-refractivity contribution in [3.63, 3.8) is 0 Å². The predicted molar refractivity (Wildman–Crippen MR) is 114 cm³/mol. The van der Waals surface area contributed by atoms with Gasteiger partial charge in [-0.3, -0.25) is 9.78 Å². The van der Waals surface area contributed by atoms with Gasteiger partial charge < -0.3 is 11.1 Å². The number of hydrogen-bond acceptors (Lipinski definition) is 5. The number of nitrogens with zero attached hydrogens (tertiary/aromatic N) is 4. The van der Waals surface area contributed by atoms with Gasteiger partial charge in [-0.25, -0.2) is 9.67 Å². The van der Waals surface area contributed by atoms with Crippen molar-refractivity contribution in [3.05, 3.63) is 77.6 Å². The summed E-state index contributed by atoms with van der Waals surface area (Å²) in [7, 11) is 0. The molecule has 4 rings (SSSR count). The summed E-state index contributed by atoms with van der Waals surface area (Å²) in [5.41, 5.74) is 8.57. The first-order valence-corrected chi connectivity index (χ1v) is 10.6. The van der Waals surface area contributed by atoms with Gasteiger partial charge in [0.05, 0.1) is 6.04 Å². The maximum atomic E-state index is 12.5. The fraction of sp³-hybridized carbons (Fsp3) is 0.391. The number of carbonyl (C=O) groups excluding carboxylic acids is 1. The van der Waals surface area contributed by atoms with Gasteiger partial charge in [-0.1, -0.05) is 36.4 Å². The molecule has 7 heteroatoms. The number of carbonyl (C=O) groups is 1. The first-order chi connectivity index (χ1) is 14.7. The number of rotatable bonds is 10. The van der Waals surface area contributed by atoms with Crippen LogP contribution >= 0.6 is 0 Å². The molecule has 156 valence electrons. The van der Waals surface area contributed by atoms with Crippen LogP contribution in [0.2, 0.25) is 0 Å². The molecule has 3 N–H and O–H groups in total. The second-order valence-corrected chi connectivity index (χ2v) is 7.91. The summed E-state index contributed by atoms with van der Waals surface area (Å²) in [5.74, 6) is 2.04. The van der Waals surface area contributed by atoms with E-state index < -0.39 is 0 Å². The fourth-order valence-corrected chi connectivity index (χ4v) is 3.49. The smallest absolute Gasteiger partial charge is 0.241 e. The molecule has 1 fully saturated rings. The van der Waals surface area contributed by atoms with Gasteiger partial charge in [0.15, 0.2) is 5.82 Å². The Kier molecular flexibility index (Phi) is 6.49. The molecule has 3 aromatic rings. The third-order valence-corrected chi connectivity index (χ3v) is 5.27. The van der Waals surface area contributed by atoms with Crippen LogP contribution in [-0.2, 0) is 30.6 Å². The van der Waals surface area contributed by atoms with Gasteiger partial charge in [-0.15, -0.1) is 0 Å². The van der Waals surface area contributed by atoms with E-state index in [1.165, 1.54) is 12.8 Å². The zero-order valence-corrected chi connectivity index (χ0v) is 17.1. The molecule has 0 aliphatic heterocycles. The van der Waals surface area contributed by atoms with E-state index in [2.05, 4.69) is 27.5 Å². The van der Waals surface area contributed by atoms with Crippen LogP contribution in [0.15, 0.2) is 54.7 Å². The lowest BCUT2D eigenvalue weighted by atomic mass is 10.1. The van der Waals surface area contributed by atoms with E-state index in [1.54, 1.807) is 10.9 Å². The lowest BCUT2D eigenvalue weighted by Gasteiger charge is -2.13. The van der Waals surface area contributed by atoms with Crippen LogP contribution in [0.1, 0.15) is 41.8 Å². The number of hydrogen-bond donors (Lipinski definition) is 2. The summed E-state index contributed by atoms with van der Waals surface area (Å²) in [5, 5.41) is 7.56. The lowest BCUT2D eigenvalue weighted by Crippen LogP contribution is -2.31. The zero-order chi connectivity index (χ0) is 20.8. The molecule has 1 atom stereocenters. The molecule has 1 aliphatic rings. The van der Waals surface area contributed by atoms with Crippen molar-refractivity contribution in [2.45, 2.75) is 44.7 Å². The van der Waals surface area contributed by atoms with Crippen molar-refractivity contribution in [2.24, 2.45) is 11.7 Å². The summed E-state index contributed by atoms with van der Waals surface area (Å²) in [6, 6.07) is 15.6. The Morgan fingerprint density at radius 3 is 2.70 bits per heavy atom. The fourth-order valence-electron chi connectivity index (χ4n) is 3.49. The predicted octanol–water partition coefficient (Wildman–Crippen LogP) is 2.23. The Hall–Kier alpha value is -3.06. The number of benzene rings is 1. The van der Waals surface area contributed by atoms with Crippen LogP contribution in [0.4, 0.5) is 0 Å². The highest BCUT2D eigenvalue weighted by molar-refractivity contribution is 5.75. The van der Waals surface area contributed by atoms with Crippen molar-refractivity contribution in [2.75, 3.05) is 6.54 Å². The van der Waals surface area contributed by atoms with E-state index in [4.69, 9.17) is 10.7 Å². The van der Waals surface area contributed by atoms with E-state index in [0.717, 1.165) is 23.5 Å². The van der Waals surface area contributed by atoms with Crippen molar-refractivity contribution >= 4 is 5.91 Å². The lowest BCUT2D eigenvalue weighted by molar-refractivity contribution is -0.121. The number of nitrogens with one attached hydrogen (secondary N) is 1. The molecule has 0 radical (unpaired) electrons. The number of aromatic nitrogens is 4. The molecule has 0 saturated heterocycles. The molecule has 0 bridgehead atoms. The van der Waals surface area contributed by atoms with Crippen molar-refractivity contribution in [1.29, 1.82) is 0 Å². The first-order valence-electron chi connectivity index (χ1n) is 10.6. The molecular weight excluding hydrogens is 376 g/mol. The van der Waals surface area contributed by atoms with E-state index in [9.17, 15) is 4.79 Å². The van der Waals surface area contributed by atoms with Crippen molar-refractivity contribution in [3.8, 4) is 0 Å². The average molecular weight is 405 g/mol. The second-order valence-electron chi connectivity index (χ2n) is 7.91. The molecule has 2 heterocycles. The second kappa shape index (κ2) is 9.63. The first kappa shape index (κ1) is 20.2. The Morgan fingerprint density at radius 2 is 1.97 bits per heavy atom. The average Bonchev–Trinajstić information content (AvgIpc) is 3.48. The number of nitrogens with two attached hydrogens (primary N) is 1. The highest BCUT2D eigenvalue weighted by Crippen LogP contribution is 2.32. The Labute approximate surface area is 176 Å². The summed E-state index contributed by atoms with van der Waals surface area (Å²) in [6.07, 6.45) is 6.43. The minimum absolute atomic E-state index is 0.0954. The Balaban J connectivity index is 1.39. The Morgan fingerprint density at radius 1 is 1.17 bits per heavy atom. The van der Waals surface area contributed by atoms with Crippen LogP contribution in [-0.4, -0.2) is 32.2 Å².